The SMILES string of the molecule is COc1cccc(-n2ncc(C(=O)c3cccc(I)c3)c2N)c1. The number of hydrogen-bond donors (Lipinski definition) is 1. The number of carbonyl (C=O) groups excluding carboxylic acids is 1. The van der Waals surface area contributed by atoms with Crippen molar-refractivity contribution in [3.63, 3.8) is 0 Å². The van der Waals surface area contributed by atoms with Crippen molar-refractivity contribution in [1.29, 1.82) is 0 Å². The van der Waals surface area contributed by atoms with E-state index >= 15 is 0 Å². The number of nitrogens with two attached hydrogens (primary N) is 1. The zero-order chi connectivity index (χ0) is 16.4. The zero-order valence-electron chi connectivity index (χ0n) is 12.4. The summed E-state index contributed by atoms with van der Waals surface area (Å²) in [6.45, 7) is 0. The first-order valence-electron chi connectivity index (χ1n) is 6.88. The summed E-state index contributed by atoms with van der Waals surface area (Å²) >= 11 is 2.17. The molecule has 0 aliphatic heterocycles. The van der Waals surface area contributed by atoms with Crippen molar-refractivity contribution in [3.05, 3.63) is 69.4 Å². The molecule has 0 aliphatic carbocycles. The fourth-order valence-electron chi connectivity index (χ4n) is 2.27. The van der Waals surface area contributed by atoms with Crippen LogP contribution in [0.25, 0.3) is 5.69 Å². The fraction of sp³-hybridized carbons (Fsp3) is 0.0588. The fourth-order valence-corrected chi connectivity index (χ4v) is 2.81. The zero-order valence-corrected chi connectivity index (χ0v) is 14.5. The van der Waals surface area contributed by atoms with Crippen LogP contribution in [0.2, 0.25) is 0 Å². The van der Waals surface area contributed by atoms with E-state index in [1.807, 2.05) is 42.5 Å². The molecule has 3 rings (SSSR count). The Hall–Kier alpha value is -2.35. The number of ketones is 1. The Morgan fingerprint density at radius 2 is 2.00 bits per heavy atom. The van der Waals surface area contributed by atoms with Gasteiger partial charge in [0.05, 0.1) is 24.6 Å². The third-order valence-electron chi connectivity index (χ3n) is 3.44. The number of carbonyl (C=O) groups is 1. The molecule has 0 bridgehead atoms. The van der Waals surface area contributed by atoms with Crippen LogP contribution in [0.3, 0.4) is 0 Å². The molecule has 2 aromatic carbocycles. The first kappa shape index (κ1) is 15.5. The maximum Gasteiger partial charge on any atom is 0.198 e. The molecule has 5 nitrogen and oxygen atoms in total. The second-order valence-corrected chi connectivity index (χ2v) is 6.14. The summed E-state index contributed by atoms with van der Waals surface area (Å²) in [4.78, 5) is 12.6. The normalized spacial score (nSPS) is 10.5. The Balaban J connectivity index is 2.00. The third-order valence-corrected chi connectivity index (χ3v) is 4.11. The molecule has 6 heteroatoms. The standard InChI is InChI=1S/C17H14IN3O2/c1-23-14-7-3-6-13(9-14)21-17(19)15(10-20-21)16(22)11-4-2-5-12(18)8-11/h2-10H,19H2,1H3. The van der Waals surface area contributed by atoms with Crippen LogP contribution in [0.4, 0.5) is 5.82 Å². The summed E-state index contributed by atoms with van der Waals surface area (Å²) in [6, 6.07) is 14.7. The predicted octanol–water partition coefficient (Wildman–Crippen LogP) is 3.30. The van der Waals surface area contributed by atoms with Gasteiger partial charge < -0.3 is 10.5 Å². The predicted molar refractivity (Wildman–Crippen MR) is 97.1 cm³/mol. The van der Waals surface area contributed by atoms with Gasteiger partial charge in [0.25, 0.3) is 0 Å². The van der Waals surface area contributed by atoms with Gasteiger partial charge in [-0.05, 0) is 46.9 Å². The molecule has 0 unspecified atom stereocenters. The van der Waals surface area contributed by atoms with E-state index in [2.05, 4.69) is 27.7 Å². The van der Waals surface area contributed by atoms with Crippen LogP contribution in [0.5, 0.6) is 5.75 Å². The van der Waals surface area contributed by atoms with Crippen LogP contribution < -0.4 is 10.5 Å². The minimum absolute atomic E-state index is 0.143. The number of anilines is 1. The summed E-state index contributed by atoms with van der Waals surface area (Å²) in [5.41, 5.74) is 7.86. The smallest absolute Gasteiger partial charge is 0.198 e. The lowest BCUT2D eigenvalue weighted by Crippen LogP contribution is -2.07. The van der Waals surface area contributed by atoms with Gasteiger partial charge in [-0.1, -0.05) is 18.2 Å². The molecule has 0 amide bonds. The lowest BCUT2D eigenvalue weighted by Gasteiger charge is -2.07. The van der Waals surface area contributed by atoms with Gasteiger partial charge in [0.1, 0.15) is 11.6 Å². The summed E-state index contributed by atoms with van der Waals surface area (Å²) in [6.07, 6.45) is 1.50. The second-order valence-electron chi connectivity index (χ2n) is 4.90. The molecule has 0 atom stereocenters. The minimum Gasteiger partial charge on any atom is -0.497 e. The van der Waals surface area contributed by atoms with E-state index in [1.54, 1.807) is 13.2 Å². The molecule has 1 aromatic heterocycles. The number of methoxy groups -OCH3 is 1. The van der Waals surface area contributed by atoms with Crippen LogP contribution >= 0.6 is 22.6 Å². The van der Waals surface area contributed by atoms with E-state index in [0.717, 1.165) is 9.26 Å². The highest BCUT2D eigenvalue weighted by Gasteiger charge is 2.18. The van der Waals surface area contributed by atoms with Gasteiger partial charge in [-0.3, -0.25) is 4.79 Å². The van der Waals surface area contributed by atoms with Crippen molar-refractivity contribution in [3.8, 4) is 11.4 Å². The van der Waals surface area contributed by atoms with Gasteiger partial charge in [0.2, 0.25) is 0 Å². The van der Waals surface area contributed by atoms with Crippen molar-refractivity contribution in [2.45, 2.75) is 0 Å². The third kappa shape index (κ3) is 3.07. The molecular weight excluding hydrogens is 405 g/mol. The molecular formula is C17H14IN3O2. The van der Waals surface area contributed by atoms with E-state index < -0.39 is 0 Å². The van der Waals surface area contributed by atoms with Crippen LogP contribution in [0.15, 0.2) is 54.7 Å². The van der Waals surface area contributed by atoms with Crippen LogP contribution in [0.1, 0.15) is 15.9 Å². The van der Waals surface area contributed by atoms with Crippen molar-refractivity contribution in [1.82, 2.24) is 9.78 Å². The first-order valence-corrected chi connectivity index (χ1v) is 7.96. The second kappa shape index (κ2) is 6.41. The Labute approximate surface area is 147 Å². The van der Waals surface area contributed by atoms with Crippen LogP contribution in [0, 0.1) is 3.57 Å². The Morgan fingerprint density at radius 3 is 2.74 bits per heavy atom. The van der Waals surface area contributed by atoms with Crippen LogP contribution in [-0.4, -0.2) is 22.7 Å². The molecule has 0 fully saturated rings. The van der Waals surface area contributed by atoms with Gasteiger partial charge >= 0.3 is 0 Å². The Morgan fingerprint density at radius 1 is 1.22 bits per heavy atom. The van der Waals surface area contributed by atoms with Crippen molar-refractivity contribution in [2.75, 3.05) is 12.8 Å². The largest absolute Gasteiger partial charge is 0.497 e. The summed E-state index contributed by atoms with van der Waals surface area (Å²) in [7, 11) is 1.59. The first-order chi connectivity index (χ1) is 11.1. The number of benzene rings is 2. The summed E-state index contributed by atoms with van der Waals surface area (Å²) in [5.74, 6) is 0.861. The van der Waals surface area contributed by atoms with E-state index in [0.29, 0.717) is 22.7 Å². The molecule has 116 valence electrons. The maximum absolute atomic E-state index is 12.6. The number of halogens is 1. The highest BCUT2D eigenvalue weighted by molar-refractivity contribution is 14.1. The number of nitrogens with zero attached hydrogens (tertiary/aromatic N) is 2. The van der Waals surface area contributed by atoms with Crippen molar-refractivity contribution >= 4 is 34.2 Å². The molecule has 1 heterocycles. The van der Waals surface area contributed by atoms with E-state index in [9.17, 15) is 4.79 Å². The summed E-state index contributed by atoms with van der Waals surface area (Å²) < 4.78 is 7.73. The highest BCUT2D eigenvalue weighted by Crippen LogP contribution is 2.23. The number of rotatable bonds is 4. The number of nitrogen functional groups attached to an aromatic ring is 1. The Bertz CT molecular complexity index is 874. The molecule has 0 radical (unpaired) electrons. The molecule has 2 N–H and O–H groups in total. The Kier molecular flexibility index (Phi) is 4.33. The number of ether oxygens (including phenoxy) is 1. The lowest BCUT2D eigenvalue weighted by atomic mass is 10.1. The topological polar surface area (TPSA) is 70.1 Å². The molecule has 3 aromatic rings. The van der Waals surface area contributed by atoms with Gasteiger partial charge in [0, 0.05) is 15.2 Å². The minimum atomic E-state index is -0.143. The van der Waals surface area contributed by atoms with Crippen LogP contribution in [-0.2, 0) is 0 Å². The number of aromatic nitrogens is 2. The van der Waals surface area contributed by atoms with Crippen molar-refractivity contribution < 1.29 is 9.53 Å². The molecule has 0 saturated carbocycles. The average Bonchev–Trinajstić information content (AvgIpc) is 2.95. The van der Waals surface area contributed by atoms with Gasteiger partial charge in [-0.25, -0.2) is 4.68 Å². The number of hydrogen-bond acceptors (Lipinski definition) is 4. The van der Waals surface area contributed by atoms with E-state index in [1.165, 1.54) is 10.9 Å². The molecule has 0 aliphatic rings. The average molecular weight is 419 g/mol. The quantitative estimate of drug-likeness (QED) is 0.521. The van der Waals surface area contributed by atoms with Gasteiger partial charge in [-0.2, -0.15) is 5.10 Å². The lowest BCUT2D eigenvalue weighted by molar-refractivity contribution is 0.103. The highest BCUT2D eigenvalue weighted by atomic mass is 127. The molecule has 0 spiro atoms. The monoisotopic (exact) mass is 419 g/mol. The van der Waals surface area contributed by atoms with Gasteiger partial charge in [-0.15, -0.1) is 0 Å². The van der Waals surface area contributed by atoms with Gasteiger partial charge in [0.15, 0.2) is 5.78 Å². The van der Waals surface area contributed by atoms with E-state index in [-0.39, 0.29) is 5.78 Å². The molecule has 23 heavy (non-hydrogen) atoms. The summed E-state index contributed by atoms with van der Waals surface area (Å²) in [5, 5.41) is 4.24. The van der Waals surface area contributed by atoms with Crippen molar-refractivity contribution in [2.24, 2.45) is 0 Å². The van der Waals surface area contributed by atoms with E-state index in [4.69, 9.17) is 10.5 Å². The maximum atomic E-state index is 12.6. The molecule has 0 saturated heterocycles.